The first kappa shape index (κ1) is 22.5. The summed E-state index contributed by atoms with van der Waals surface area (Å²) < 4.78 is 0. The predicted molar refractivity (Wildman–Crippen MR) is 109 cm³/mol. The Morgan fingerprint density at radius 1 is 0.897 bits per heavy atom. The fraction of sp³-hybridized carbons (Fsp3) is 0.364. The standard InChI is InChI=1S/C22H28N2O5/c25-14-20(15-26)23-22(28)19(13-21(27)24-29)8-4-5-16-9-11-18(12-10-16)17-6-2-1-3-7-17/h1-3,6-7,9-12,19-20,25-26,29H,4-5,8,13-15H2,(H,23,28)(H,24,27)/t19-/m1/s1. The van der Waals surface area contributed by atoms with Gasteiger partial charge in [0, 0.05) is 12.3 Å². The van der Waals surface area contributed by atoms with E-state index < -0.39 is 37.0 Å². The molecule has 0 heterocycles. The minimum Gasteiger partial charge on any atom is -0.394 e. The van der Waals surface area contributed by atoms with Crippen LogP contribution in [0.5, 0.6) is 0 Å². The van der Waals surface area contributed by atoms with Gasteiger partial charge in [0.05, 0.1) is 19.3 Å². The smallest absolute Gasteiger partial charge is 0.244 e. The van der Waals surface area contributed by atoms with Gasteiger partial charge in [0.1, 0.15) is 0 Å². The number of aliphatic hydroxyl groups is 2. The zero-order valence-corrected chi connectivity index (χ0v) is 16.3. The highest BCUT2D eigenvalue weighted by atomic mass is 16.5. The van der Waals surface area contributed by atoms with Gasteiger partial charge >= 0.3 is 0 Å². The number of amides is 2. The molecule has 0 fully saturated rings. The monoisotopic (exact) mass is 400 g/mol. The number of hydroxylamine groups is 1. The predicted octanol–water partition coefficient (Wildman–Crippen LogP) is 1.66. The molecule has 0 aromatic heterocycles. The second-order valence-electron chi connectivity index (χ2n) is 6.96. The number of hydrogen-bond acceptors (Lipinski definition) is 5. The van der Waals surface area contributed by atoms with Crippen LogP contribution in [-0.2, 0) is 16.0 Å². The lowest BCUT2D eigenvalue weighted by atomic mass is 9.94. The Balaban J connectivity index is 1.92. The van der Waals surface area contributed by atoms with Gasteiger partial charge in [-0.2, -0.15) is 0 Å². The maximum absolute atomic E-state index is 12.4. The van der Waals surface area contributed by atoms with E-state index >= 15 is 0 Å². The molecule has 0 radical (unpaired) electrons. The Morgan fingerprint density at radius 2 is 1.52 bits per heavy atom. The number of rotatable bonds is 11. The van der Waals surface area contributed by atoms with Crippen molar-refractivity contribution in [3.05, 3.63) is 60.2 Å². The highest BCUT2D eigenvalue weighted by molar-refractivity contribution is 5.85. The normalized spacial score (nSPS) is 11.9. The van der Waals surface area contributed by atoms with E-state index in [9.17, 15) is 9.59 Å². The molecule has 0 unspecified atom stereocenters. The molecule has 1 atom stereocenters. The zero-order chi connectivity index (χ0) is 21.1. The van der Waals surface area contributed by atoms with Crippen LogP contribution in [0.3, 0.4) is 0 Å². The van der Waals surface area contributed by atoms with E-state index in [1.54, 1.807) is 5.48 Å². The van der Waals surface area contributed by atoms with Crippen molar-refractivity contribution in [2.45, 2.75) is 31.7 Å². The van der Waals surface area contributed by atoms with Crippen molar-refractivity contribution in [2.75, 3.05) is 13.2 Å². The Morgan fingerprint density at radius 3 is 2.10 bits per heavy atom. The summed E-state index contributed by atoms with van der Waals surface area (Å²) in [5.74, 6) is -1.74. The van der Waals surface area contributed by atoms with Crippen LogP contribution in [-0.4, -0.2) is 46.5 Å². The van der Waals surface area contributed by atoms with E-state index in [4.69, 9.17) is 15.4 Å². The molecule has 2 rings (SSSR count). The summed E-state index contributed by atoms with van der Waals surface area (Å²) in [6, 6.07) is 17.5. The summed E-state index contributed by atoms with van der Waals surface area (Å²) in [6.07, 6.45) is 1.68. The summed E-state index contributed by atoms with van der Waals surface area (Å²) in [7, 11) is 0. The fourth-order valence-corrected chi connectivity index (χ4v) is 3.11. The molecule has 29 heavy (non-hydrogen) atoms. The molecule has 7 heteroatoms. The van der Waals surface area contributed by atoms with Gasteiger partial charge in [-0.25, -0.2) is 5.48 Å². The largest absolute Gasteiger partial charge is 0.394 e. The van der Waals surface area contributed by atoms with Gasteiger partial charge in [0.2, 0.25) is 11.8 Å². The molecule has 5 N–H and O–H groups in total. The third kappa shape index (κ3) is 7.30. The van der Waals surface area contributed by atoms with Crippen molar-refractivity contribution in [1.82, 2.24) is 10.8 Å². The topological polar surface area (TPSA) is 119 Å². The molecule has 7 nitrogen and oxygen atoms in total. The number of nitrogens with one attached hydrogen (secondary N) is 2. The molecular weight excluding hydrogens is 372 g/mol. The molecule has 0 saturated carbocycles. The van der Waals surface area contributed by atoms with Crippen LogP contribution >= 0.6 is 0 Å². The molecular formula is C22H28N2O5. The van der Waals surface area contributed by atoms with E-state index in [1.165, 1.54) is 0 Å². The molecule has 2 amide bonds. The molecule has 156 valence electrons. The van der Waals surface area contributed by atoms with Crippen molar-refractivity contribution in [2.24, 2.45) is 5.92 Å². The van der Waals surface area contributed by atoms with E-state index in [0.29, 0.717) is 12.8 Å². The van der Waals surface area contributed by atoms with Gasteiger partial charge in [-0.05, 0) is 36.0 Å². The first-order valence-electron chi connectivity index (χ1n) is 9.66. The summed E-state index contributed by atoms with van der Waals surface area (Å²) in [5, 5.41) is 29.5. The van der Waals surface area contributed by atoms with Crippen LogP contribution in [0.4, 0.5) is 0 Å². The Kier molecular flexibility index (Phi) is 9.30. The number of carbonyl (C=O) groups is 2. The molecule has 0 spiro atoms. The highest BCUT2D eigenvalue weighted by Gasteiger charge is 2.23. The molecule has 0 aliphatic rings. The second-order valence-corrected chi connectivity index (χ2v) is 6.96. The molecule has 0 aliphatic heterocycles. The van der Waals surface area contributed by atoms with Crippen LogP contribution in [0, 0.1) is 5.92 Å². The van der Waals surface area contributed by atoms with E-state index in [1.807, 2.05) is 30.3 Å². The van der Waals surface area contributed by atoms with Gasteiger partial charge in [-0.3, -0.25) is 14.8 Å². The van der Waals surface area contributed by atoms with Crippen molar-refractivity contribution < 1.29 is 25.0 Å². The fourth-order valence-electron chi connectivity index (χ4n) is 3.11. The summed E-state index contributed by atoms with van der Waals surface area (Å²) >= 11 is 0. The Bertz CT molecular complexity index is 761. The number of aryl methyl sites for hydroxylation is 1. The van der Waals surface area contributed by atoms with Crippen molar-refractivity contribution in [1.29, 1.82) is 0 Å². The minimum absolute atomic E-state index is 0.168. The first-order valence-corrected chi connectivity index (χ1v) is 9.66. The third-order valence-corrected chi connectivity index (χ3v) is 4.79. The van der Waals surface area contributed by atoms with Gasteiger partial charge in [-0.15, -0.1) is 0 Å². The number of aliphatic hydroxyl groups excluding tert-OH is 2. The van der Waals surface area contributed by atoms with Crippen molar-refractivity contribution in [3.8, 4) is 11.1 Å². The maximum atomic E-state index is 12.4. The van der Waals surface area contributed by atoms with Crippen molar-refractivity contribution in [3.63, 3.8) is 0 Å². The highest BCUT2D eigenvalue weighted by Crippen LogP contribution is 2.21. The lowest BCUT2D eigenvalue weighted by Gasteiger charge is -2.19. The molecule has 0 aliphatic carbocycles. The maximum Gasteiger partial charge on any atom is 0.244 e. The summed E-state index contributed by atoms with van der Waals surface area (Å²) in [6.45, 7) is -0.788. The van der Waals surface area contributed by atoms with Crippen molar-refractivity contribution >= 4 is 11.8 Å². The molecule has 2 aromatic carbocycles. The minimum atomic E-state index is -0.771. The number of hydrogen-bond donors (Lipinski definition) is 5. The average molecular weight is 400 g/mol. The van der Waals surface area contributed by atoms with Gasteiger partial charge in [-0.1, -0.05) is 54.6 Å². The van der Waals surface area contributed by atoms with Crippen LogP contribution in [0.1, 0.15) is 24.8 Å². The van der Waals surface area contributed by atoms with E-state index in [2.05, 4.69) is 29.6 Å². The number of carbonyl (C=O) groups excluding carboxylic acids is 2. The van der Waals surface area contributed by atoms with Crippen LogP contribution < -0.4 is 10.8 Å². The summed E-state index contributed by atoms with van der Waals surface area (Å²) in [4.78, 5) is 23.9. The third-order valence-electron chi connectivity index (χ3n) is 4.79. The second kappa shape index (κ2) is 12.0. The molecule has 0 saturated heterocycles. The Hall–Kier alpha value is -2.74. The molecule has 2 aromatic rings. The quantitative estimate of drug-likeness (QED) is 0.290. The SMILES string of the molecule is O=C(C[C@@H](CCCc1ccc(-c2ccccc2)cc1)C(=O)NC(CO)CO)NO. The lowest BCUT2D eigenvalue weighted by molar-refractivity contribution is -0.135. The van der Waals surface area contributed by atoms with Gasteiger partial charge < -0.3 is 15.5 Å². The Labute approximate surface area is 170 Å². The zero-order valence-electron chi connectivity index (χ0n) is 16.3. The molecule has 0 bridgehead atoms. The number of benzene rings is 2. The first-order chi connectivity index (χ1) is 14.1. The van der Waals surface area contributed by atoms with Crippen LogP contribution in [0.25, 0.3) is 11.1 Å². The van der Waals surface area contributed by atoms with Crippen LogP contribution in [0.2, 0.25) is 0 Å². The van der Waals surface area contributed by atoms with E-state index in [-0.39, 0.29) is 6.42 Å². The van der Waals surface area contributed by atoms with Gasteiger partial charge in [0.25, 0.3) is 0 Å². The van der Waals surface area contributed by atoms with Gasteiger partial charge in [0.15, 0.2) is 0 Å². The van der Waals surface area contributed by atoms with E-state index in [0.717, 1.165) is 23.1 Å². The lowest BCUT2D eigenvalue weighted by Crippen LogP contribution is -2.44. The summed E-state index contributed by atoms with van der Waals surface area (Å²) in [5.41, 5.74) is 4.94. The average Bonchev–Trinajstić information content (AvgIpc) is 2.77. The van der Waals surface area contributed by atoms with Crippen LogP contribution in [0.15, 0.2) is 54.6 Å².